The highest BCUT2D eigenvalue weighted by molar-refractivity contribution is 4.95. The fourth-order valence-corrected chi connectivity index (χ4v) is 4.46. The first-order valence-corrected chi connectivity index (χ1v) is 8.96. The van der Waals surface area contributed by atoms with Gasteiger partial charge in [-0.25, -0.2) is 0 Å². The van der Waals surface area contributed by atoms with Gasteiger partial charge in [-0.2, -0.15) is 0 Å². The van der Waals surface area contributed by atoms with Gasteiger partial charge in [0, 0.05) is 37.3 Å². The number of hydrogen-bond acceptors (Lipinski definition) is 4. The molecule has 2 heterocycles. The Bertz CT molecular complexity index is 322. The Morgan fingerprint density at radius 1 is 1.14 bits per heavy atom. The second kappa shape index (κ2) is 6.95. The van der Waals surface area contributed by atoms with Gasteiger partial charge in [0.25, 0.3) is 0 Å². The van der Waals surface area contributed by atoms with Gasteiger partial charge in [-0.1, -0.05) is 6.42 Å². The molecule has 4 nitrogen and oxygen atoms in total. The minimum Gasteiger partial charge on any atom is -0.379 e. The van der Waals surface area contributed by atoms with Crippen molar-refractivity contribution in [3.8, 4) is 0 Å². The molecule has 2 aliphatic heterocycles. The maximum atomic E-state index is 5.49. The van der Waals surface area contributed by atoms with Gasteiger partial charge in [-0.05, 0) is 52.0 Å². The van der Waals surface area contributed by atoms with E-state index in [1.54, 1.807) is 0 Å². The molecular formula is C17H33N3O. The highest BCUT2D eigenvalue weighted by Crippen LogP contribution is 2.32. The molecule has 3 aliphatic rings. The summed E-state index contributed by atoms with van der Waals surface area (Å²) in [4.78, 5) is 2.58. The maximum Gasteiger partial charge on any atom is 0.0594 e. The van der Waals surface area contributed by atoms with E-state index >= 15 is 0 Å². The van der Waals surface area contributed by atoms with Crippen molar-refractivity contribution in [2.24, 2.45) is 5.92 Å². The van der Waals surface area contributed by atoms with Crippen molar-refractivity contribution in [3.63, 3.8) is 0 Å². The second-order valence-corrected chi connectivity index (χ2v) is 7.70. The monoisotopic (exact) mass is 295 g/mol. The van der Waals surface area contributed by atoms with Crippen LogP contribution in [0.5, 0.6) is 0 Å². The van der Waals surface area contributed by atoms with E-state index in [9.17, 15) is 0 Å². The third kappa shape index (κ3) is 3.79. The third-order valence-electron chi connectivity index (χ3n) is 5.85. The molecule has 2 saturated heterocycles. The molecule has 4 heteroatoms. The molecular weight excluding hydrogens is 262 g/mol. The lowest BCUT2D eigenvalue weighted by atomic mass is 9.92. The van der Waals surface area contributed by atoms with E-state index < -0.39 is 0 Å². The molecule has 3 unspecified atom stereocenters. The Balaban J connectivity index is 1.50. The number of ether oxygens (including phenoxy) is 1. The number of rotatable bonds is 5. The van der Waals surface area contributed by atoms with Gasteiger partial charge in [0.2, 0.25) is 0 Å². The molecule has 0 amide bonds. The SMILES string of the molecule is CC(C)(CNC1CCCC1C1CCCN1)N1CCOCC1. The largest absolute Gasteiger partial charge is 0.379 e. The zero-order valence-corrected chi connectivity index (χ0v) is 13.9. The highest BCUT2D eigenvalue weighted by atomic mass is 16.5. The predicted molar refractivity (Wildman–Crippen MR) is 86.6 cm³/mol. The number of morpholine rings is 1. The van der Waals surface area contributed by atoms with Gasteiger partial charge in [0.1, 0.15) is 0 Å². The third-order valence-corrected chi connectivity index (χ3v) is 5.85. The molecule has 0 aromatic carbocycles. The summed E-state index contributed by atoms with van der Waals surface area (Å²) in [6.45, 7) is 11.0. The number of nitrogens with one attached hydrogen (secondary N) is 2. The first-order valence-electron chi connectivity index (χ1n) is 8.96. The molecule has 3 rings (SSSR count). The number of nitrogens with zero attached hydrogens (tertiary/aromatic N) is 1. The molecule has 0 spiro atoms. The average Bonchev–Trinajstić information content (AvgIpc) is 3.17. The first kappa shape index (κ1) is 15.7. The Morgan fingerprint density at radius 2 is 1.95 bits per heavy atom. The molecule has 1 aliphatic carbocycles. The van der Waals surface area contributed by atoms with Crippen LogP contribution in [0.3, 0.4) is 0 Å². The summed E-state index contributed by atoms with van der Waals surface area (Å²) in [6, 6.07) is 1.50. The summed E-state index contributed by atoms with van der Waals surface area (Å²) in [5.41, 5.74) is 0.236. The van der Waals surface area contributed by atoms with Crippen LogP contribution in [0, 0.1) is 5.92 Å². The van der Waals surface area contributed by atoms with Crippen LogP contribution in [0.2, 0.25) is 0 Å². The molecule has 0 radical (unpaired) electrons. The maximum absolute atomic E-state index is 5.49. The van der Waals surface area contributed by atoms with E-state index in [2.05, 4.69) is 29.4 Å². The van der Waals surface area contributed by atoms with Crippen molar-refractivity contribution < 1.29 is 4.74 Å². The van der Waals surface area contributed by atoms with Crippen molar-refractivity contribution in [2.45, 2.75) is 63.6 Å². The van der Waals surface area contributed by atoms with Gasteiger partial charge in [0.15, 0.2) is 0 Å². The van der Waals surface area contributed by atoms with Crippen LogP contribution in [0.25, 0.3) is 0 Å². The minimum atomic E-state index is 0.236. The first-order chi connectivity index (χ1) is 10.2. The van der Waals surface area contributed by atoms with E-state index in [4.69, 9.17) is 4.74 Å². The minimum absolute atomic E-state index is 0.236. The zero-order valence-electron chi connectivity index (χ0n) is 13.9. The molecule has 3 fully saturated rings. The second-order valence-electron chi connectivity index (χ2n) is 7.70. The highest BCUT2D eigenvalue weighted by Gasteiger charge is 2.36. The molecule has 2 N–H and O–H groups in total. The van der Waals surface area contributed by atoms with E-state index in [0.29, 0.717) is 0 Å². The number of hydrogen-bond donors (Lipinski definition) is 2. The van der Waals surface area contributed by atoms with Crippen LogP contribution in [0.15, 0.2) is 0 Å². The van der Waals surface area contributed by atoms with Crippen molar-refractivity contribution in [3.05, 3.63) is 0 Å². The van der Waals surface area contributed by atoms with Gasteiger partial charge in [-0.15, -0.1) is 0 Å². The fraction of sp³-hybridized carbons (Fsp3) is 1.00. The summed E-state index contributed by atoms with van der Waals surface area (Å²) in [5, 5.41) is 7.65. The van der Waals surface area contributed by atoms with Crippen LogP contribution in [-0.2, 0) is 4.74 Å². The normalized spacial score (nSPS) is 35.4. The molecule has 0 bridgehead atoms. The van der Waals surface area contributed by atoms with Crippen LogP contribution in [0.4, 0.5) is 0 Å². The van der Waals surface area contributed by atoms with Gasteiger partial charge in [-0.3, -0.25) is 4.90 Å². The Morgan fingerprint density at radius 3 is 2.67 bits per heavy atom. The lowest BCUT2D eigenvalue weighted by Gasteiger charge is -2.42. The van der Waals surface area contributed by atoms with E-state index in [0.717, 1.165) is 50.8 Å². The average molecular weight is 295 g/mol. The van der Waals surface area contributed by atoms with Crippen LogP contribution >= 0.6 is 0 Å². The van der Waals surface area contributed by atoms with Crippen LogP contribution < -0.4 is 10.6 Å². The fourth-order valence-electron chi connectivity index (χ4n) is 4.46. The summed E-state index contributed by atoms with van der Waals surface area (Å²) >= 11 is 0. The van der Waals surface area contributed by atoms with Crippen molar-refractivity contribution in [1.82, 2.24) is 15.5 Å². The van der Waals surface area contributed by atoms with Gasteiger partial charge < -0.3 is 15.4 Å². The molecule has 122 valence electrons. The van der Waals surface area contributed by atoms with Gasteiger partial charge in [0.05, 0.1) is 13.2 Å². The zero-order chi connectivity index (χ0) is 14.7. The Kier molecular flexibility index (Phi) is 5.20. The van der Waals surface area contributed by atoms with Crippen molar-refractivity contribution in [1.29, 1.82) is 0 Å². The standard InChI is InChI=1S/C17H33N3O/c1-17(2,20-9-11-21-12-10-20)13-19-16-6-3-5-14(16)15-7-4-8-18-15/h14-16,18-19H,3-13H2,1-2H3. The smallest absolute Gasteiger partial charge is 0.0594 e. The molecule has 3 atom stereocenters. The van der Waals surface area contributed by atoms with Crippen LogP contribution in [0.1, 0.15) is 46.0 Å². The van der Waals surface area contributed by atoms with E-state index in [1.807, 2.05) is 0 Å². The van der Waals surface area contributed by atoms with Crippen molar-refractivity contribution in [2.75, 3.05) is 39.4 Å². The summed E-state index contributed by atoms with van der Waals surface area (Å²) in [7, 11) is 0. The Labute approximate surface area is 130 Å². The topological polar surface area (TPSA) is 36.5 Å². The lowest BCUT2D eigenvalue weighted by Crippen LogP contribution is -2.56. The molecule has 0 aromatic rings. The molecule has 0 aromatic heterocycles. The van der Waals surface area contributed by atoms with E-state index in [-0.39, 0.29) is 5.54 Å². The van der Waals surface area contributed by atoms with Gasteiger partial charge >= 0.3 is 0 Å². The van der Waals surface area contributed by atoms with Crippen LogP contribution in [-0.4, -0.2) is 61.9 Å². The molecule has 1 saturated carbocycles. The summed E-state index contributed by atoms with van der Waals surface area (Å²) < 4.78 is 5.49. The summed E-state index contributed by atoms with van der Waals surface area (Å²) in [5.74, 6) is 0.855. The quantitative estimate of drug-likeness (QED) is 0.808. The Hall–Kier alpha value is -0.160. The van der Waals surface area contributed by atoms with Crippen molar-refractivity contribution >= 4 is 0 Å². The lowest BCUT2D eigenvalue weighted by molar-refractivity contribution is -0.0108. The summed E-state index contributed by atoms with van der Waals surface area (Å²) in [6.07, 6.45) is 6.93. The molecule has 21 heavy (non-hydrogen) atoms. The van der Waals surface area contributed by atoms with E-state index in [1.165, 1.54) is 38.6 Å². The predicted octanol–water partition coefficient (Wildman–Crippen LogP) is 1.61.